The maximum absolute atomic E-state index is 12.0. The quantitative estimate of drug-likeness (QED) is 0.120. The number of nitrogens with zero attached hydrogens (tertiary/aromatic N) is 4. The molecule has 0 aliphatic carbocycles. The molecule has 0 fully saturated rings. The van der Waals surface area contributed by atoms with E-state index in [1.54, 1.807) is 12.1 Å². The van der Waals surface area contributed by atoms with Crippen molar-refractivity contribution in [3.05, 3.63) is 59.2 Å². The molecule has 12 heteroatoms. The zero-order chi connectivity index (χ0) is 23.1. The third kappa shape index (κ3) is 4.15. The number of hydrogen-bond acceptors (Lipinski definition) is 10. The number of rotatable bonds is 0. The largest absolute Gasteiger partial charge is 1.00 e. The first-order chi connectivity index (χ1) is 16.4. The van der Waals surface area contributed by atoms with Crippen LogP contribution >= 0.6 is 23.5 Å². The van der Waals surface area contributed by atoms with E-state index in [0.29, 0.717) is 22.4 Å². The van der Waals surface area contributed by atoms with Gasteiger partial charge in [-0.25, -0.2) is 20.0 Å². The predicted molar refractivity (Wildman–Crippen MR) is 128 cm³/mol. The third-order valence-electron chi connectivity index (χ3n) is 5.70. The van der Waals surface area contributed by atoms with Gasteiger partial charge in [-0.15, -0.1) is 0 Å². The van der Waals surface area contributed by atoms with Crippen molar-refractivity contribution in [2.75, 3.05) is 11.5 Å². The molecule has 2 aliphatic heterocycles. The number of anilines is 2. The summed E-state index contributed by atoms with van der Waals surface area (Å²) in [5, 5.41) is 25.4. The molecule has 0 unspecified atom stereocenters. The van der Waals surface area contributed by atoms with Crippen molar-refractivity contribution in [3.63, 3.8) is 0 Å². The Morgan fingerprint density at radius 1 is 0.528 bits per heavy atom. The Kier molecular flexibility index (Phi) is 6.67. The van der Waals surface area contributed by atoms with Crippen LogP contribution in [-0.4, -0.2) is 9.97 Å². The third-order valence-corrected chi connectivity index (χ3v) is 7.89. The maximum atomic E-state index is 12.0. The van der Waals surface area contributed by atoms with Gasteiger partial charge in [-0.05, 0) is 36.4 Å². The average Bonchev–Trinajstić information content (AvgIpc) is 2.80. The summed E-state index contributed by atoms with van der Waals surface area (Å²) in [6.07, 6.45) is 0. The van der Waals surface area contributed by atoms with E-state index in [9.17, 15) is 10.2 Å². The van der Waals surface area contributed by atoms with Crippen LogP contribution in [0.15, 0.2) is 78.1 Å². The van der Waals surface area contributed by atoms with Crippen molar-refractivity contribution >= 4 is 68.3 Å². The summed E-state index contributed by atoms with van der Waals surface area (Å²) in [4.78, 5) is 22.4. The van der Waals surface area contributed by atoms with Crippen LogP contribution < -0.4 is 91.5 Å². The molecule has 5 aromatic rings. The van der Waals surface area contributed by atoms with Gasteiger partial charge < -0.3 is 21.7 Å². The first-order valence-corrected chi connectivity index (χ1v) is 11.8. The summed E-state index contributed by atoms with van der Waals surface area (Å²) in [5.74, 6) is -0.421. The summed E-state index contributed by atoms with van der Waals surface area (Å²) >= 11 is 2.93. The number of fused-ring (bicyclic) bond motifs is 6. The van der Waals surface area contributed by atoms with Gasteiger partial charge in [0, 0.05) is 31.0 Å². The molecule has 4 aromatic carbocycles. The Morgan fingerprint density at radius 2 is 0.917 bits per heavy atom. The zero-order valence-electron chi connectivity index (χ0n) is 19.2. The summed E-state index contributed by atoms with van der Waals surface area (Å²) in [5.41, 5.74) is 16.1. The standard InChI is InChI=1S/C24H14N6O2S2.2Na/c25-9-1-15-23(7-19(9)31)33-21-5-13-11(3-17(21)29-15)27-14-6-22-18(4-12(14)28-13)30-16-2-10(26)20(32)8-24(16)34-22;;/h1-8,31-32H,25-26H2;;/q;2*+1/p-2. The molecule has 0 radical (unpaired) electrons. The first kappa shape index (κ1) is 25.6. The van der Waals surface area contributed by atoms with Crippen molar-refractivity contribution in [1.29, 1.82) is 0 Å². The molecule has 0 saturated heterocycles. The van der Waals surface area contributed by atoms with Gasteiger partial charge in [-0.1, -0.05) is 47.2 Å². The van der Waals surface area contributed by atoms with Gasteiger partial charge >= 0.3 is 59.1 Å². The number of hydrogen-bond donors (Lipinski definition) is 2. The minimum atomic E-state index is -0.210. The van der Waals surface area contributed by atoms with Gasteiger partial charge in [0.15, 0.2) is 0 Å². The molecule has 0 amide bonds. The van der Waals surface area contributed by atoms with Crippen molar-refractivity contribution in [2.45, 2.75) is 19.6 Å². The van der Waals surface area contributed by atoms with Crippen molar-refractivity contribution in [1.82, 2.24) is 9.97 Å². The van der Waals surface area contributed by atoms with Crippen LogP contribution in [0.3, 0.4) is 0 Å². The van der Waals surface area contributed by atoms with Gasteiger partial charge in [0.1, 0.15) is 0 Å². The van der Waals surface area contributed by atoms with E-state index in [4.69, 9.17) is 21.4 Å². The van der Waals surface area contributed by atoms with E-state index >= 15 is 0 Å². The summed E-state index contributed by atoms with van der Waals surface area (Å²) in [6, 6.07) is 13.9. The Bertz CT molecular complexity index is 1750. The Morgan fingerprint density at radius 3 is 1.33 bits per heavy atom. The SMILES string of the molecule is Nc1cc2c(cc1[O-])Sc1cc3nc4cc5c(cc4nc3cc1=N2)Sc1cc([O-])c(N)cc1N=5.[Na+].[Na+]. The van der Waals surface area contributed by atoms with Crippen LogP contribution in [0.25, 0.3) is 22.1 Å². The predicted octanol–water partition coefficient (Wildman–Crippen LogP) is -3.07. The molecule has 3 heterocycles. The molecular formula is C24H12N6Na2O2S2. The van der Waals surface area contributed by atoms with E-state index in [2.05, 4.69) is 9.98 Å². The Hall–Kier alpha value is -2.02. The smallest absolute Gasteiger partial charge is 0.871 e. The molecule has 7 rings (SSSR count). The minimum Gasteiger partial charge on any atom is -0.871 e. The molecule has 0 bridgehead atoms. The topological polar surface area (TPSA) is 149 Å². The van der Waals surface area contributed by atoms with E-state index in [1.807, 2.05) is 24.3 Å². The summed E-state index contributed by atoms with van der Waals surface area (Å²) in [6.45, 7) is 0. The average molecular weight is 527 g/mol. The molecule has 0 spiro atoms. The van der Waals surface area contributed by atoms with E-state index in [0.717, 1.165) is 41.3 Å². The molecule has 8 nitrogen and oxygen atoms in total. The van der Waals surface area contributed by atoms with E-state index in [1.165, 1.54) is 35.7 Å². The van der Waals surface area contributed by atoms with Crippen LogP contribution in [0.2, 0.25) is 0 Å². The fraction of sp³-hybridized carbons (Fsp3) is 0. The number of benzene rings is 4. The molecule has 0 saturated carbocycles. The Balaban J connectivity index is 0.00000133. The van der Waals surface area contributed by atoms with E-state index in [-0.39, 0.29) is 82.0 Å². The van der Waals surface area contributed by atoms with Crippen LogP contribution in [-0.2, 0) is 0 Å². The second-order valence-electron chi connectivity index (χ2n) is 7.98. The Labute approximate surface area is 256 Å². The van der Waals surface area contributed by atoms with Crippen molar-refractivity contribution < 1.29 is 69.3 Å². The zero-order valence-corrected chi connectivity index (χ0v) is 24.8. The molecule has 164 valence electrons. The molecule has 0 atom stereocenters. The van der Waals surface area contributed by atoms with Gasteiger partial charge in [0.2, 0.25) is 0 Å². The normalized spacial score (nSPS) is 12.7. The summed E-state index contributed by atoms with van der Waals surface area (Å²) < 4.78 is 0. The fourth-order valence-corrected chi connectivity index (χ4v) is 6.00. The number of nitrogens with two attached hydrogens (primary N) is 2. The van der Waals surface area contributed by atoms with Gasteiger partial charge in [-0.2, -0.15) is 0 Å². The van der Waals surface area contributed by atoms with Gasteiger partial charge in [0.05, 0.1) is 44.2 Å². The van der Waals surface area contributed by atoms with Gasteiger partial charge in [-0.3, -0.25) is 0 Å². The van der Waals surface area contributed by atoms with Crippen molar-refractivity contribution in [2.24, 2.45) is 9.98 Å². The van der Waals surface area contributed by atoms with Gasteiger partial charge in [0.25, 0.3) is 0 Å². The monoisotopic (exact) mass is 526 g/mol. The molecule has 4 N–H and O–H groups in total. The second kappa shape index (κ2) is 9.38. The first-order valence-electron chi connectivity index (χ1n) is 10.2. The molecule has 36 heavy (non-hydrogen) atoms. The molecule has 2 aliphatic rings. The van der Waals surface area contributed by atoms with Crippen LogP contribution in [0.5, 0.6) is 11.5 Å². The minimum absolute atomic E-state index is 0. The number of nitrogen functional groups attached to an aromatic ring is 2. The second-order valence-corrected chi connectivity index (χ2v) is 10.2. The van der Waals surface area contributed by atoms with E-state index < -0.39 is 0 Å². The maximum Gasteiger partial charge on any atom is 1.00 e. The summed E-state index contributed by atoms with van der Waals surface area (Å²) in [7, 11) is 0. The van der Waals surface area contributed by atoms with Crippen LogP contribution in [0.1, 0.15) is 0 Å². The van der Waals surface area contributed by atoms with Crippen LogP contribution in [0.4, 0.5) is 22.7 Å². The van der Waals surface area contributed by atoms with Crippen molar-refractivity contribution in [3.8, 4) is 11.5 Å². The fourth-order valence-electron chi connectivity index (χ4n) is 4.02. The van der Waals surface area contributed by atoms with Crippen LogP contribution in [0, 0.1) is 0 Å². The molecule has 1 aromatic heterocycles. The number of aromatic nitrogens is 2. The molecular weight excluding hydrogens is 514 g/mol.